The van der Waals surface area contributed by atoms with E-state index >= 15 is 0 Å². The van der Waals surface area contributed by atoms with E-state index in [0.29, 0.717) is 23.9 Å². The molecule has 4 rings (SSSR count). The third-order valence-electron chi connectivity index (χ3n) is 6.68. The number of carbonyl (C=O) groups excluding carboxylic acids is 1. The van der Waals surface area contributed by atoms with E-state index in [9.17, 15) is 4.79 Å². The molecule has 1 aromatic carbocycles. The lowest BCUT2D eigenvalue weighted by Gasteiger charge is -2.47. The Hall–Kier alpha value is -1.35. The number of anilines is 1. The molecule has 3 nitrogen and oxygen atoms in total. The van der Waals surface area contributed by atoms with Crippen LogP contribution in [0.15, 0.2) is 24.3 Å². The van der Waals surface area contributed by atoms with E-state index in [1.165, 1.54) is 37.7 Å². The Morgan fingerprint density at radius 2 is 1.83 bits per heavy atom. The number of fused-ring (bicyclic) bond motifs is 3. The highest BCUT2D eigenvalue weighted by Gasteiger charge is 2.40. The predicted molar refractivity (Wildman–Crippen MR) is 98.4 cm³/mol. The van der Waals surface area contributed by atoms with Gasteiger partial charge in [0.25, 0.3) is 0 Å². The van der Waals surface area contributed by atoms with Crippen molar-refractivity contribution < 1.29 is 4.79 Å². The first-order valence-electron chi connectivity index (χ1n) is 9.57. The van der Waals surface area contributed by atoms with E-state index in [1.54, 1.807) is 0 Å². The Morgan fingerprint density at radius 3 is 2.54 bits per heavy atom. The molecule has 0 aliphatic carbocycles. The number of nitrogens with zero attached hydrogens (tertiary/aromatic N) is 2. The Morgan fingerprint density at radius 1 is 1.17 bits per heavy atom. The van der Waals surface area contributed by atoms with Crippen LogP contribution in [-0.4, -0.2) is 36.5 Å². The van der Waals surface area contributed by atoms with Gasteiger partial charge in [-0.2, -0.15) is 0 Å². The summed E-state index contributed by atoms with van der Waals surface area (Å²) in [5.74, 6) is 0.903. The quantitative estimate of drug-likeness (QED) is 0.821. The van der Waals surface area contributed by atoms with Gasteiger partial charge in [0.15, 0.2) is 0 Å². The number of para-hydroxylation sites is 1. The molecule has 3 atom stereocenters. The fraction of sp³-hybridized carbons (Fsp3) is 0.667. The molecule has 3 aliphatic rings. The minimum atomic E-state index is 0.0650. The van der Waals surface area contributed by atoms with Crippen LogP contribution in [0.4, 0.5) is 5.69 Å². The van der Waals surface area contributed by atoms with Gasteiger partial charge < -0.3 is 9.80 Å². The highest BCUT2D eigenvalue weighted by Crippen LogP contribution is 2.42. The van der Waals surface area contributed by atoms with Crippen molar-refractivity contribution in [2.24, 2.45) is 5.92 Å². The lowest BCUT2D eigenvalue weighted by Crippen LogP contribution is -2.50. The molecule has 0 spiro atoms. The molecule has 1 aromatic rings. The third-order valence-corrected chi connectivity index (χ3v) is 6.68. The minimum Gasteiger partial charge on any atom is -0.311 e. The van der Waals surface area contributed by atoms with Crippen LogP contribution in [0, 0.1) is 5.92 Å². The average molecular weight is 326 g/mol. The SMILES string of the molecule is CN1[C@@H]2CCC[C@H]1CC(CC(=O)N1CC(C)(C)c3ccccc31)C2. The van der Waals surface area contributed by atoms with Crippen molar-refractivity contribution in [1.29, 1.82) is 0 Å². The van der Waals surface area contributed by atoms with Gasteiger partial charge >= 0.3 is 0 Å². The zero-order valence-corrected chi connectivity index (χ0v) is 15.3. The Bertz CT molecular complexity index is 624. The van der Waals surface area contributed by atoms with Crippen molar-refractivity contribution in [3.8, 4) is 0 Å². The molecule has 1 amide bonds. The summed E-state index contributed by atoms with van der Waals surface area (Å²) in [6, 6.07) is 9.86. The van der Waals surface area contributed by atoms with E-state index in [2.05, 4.69) is 55.0 Å². The number of rotatable bonds is 2. The number of carbonyl (C=O) groups is 1. The van der Waals surface area contributed by atoms with E-state index in [4.69, 9.17) is 0 Å². The molecule has 0 N–H and O–H groups in total. The second-order valence-corrected chi connectivity index (χ2v) is 8.83. The molecule has 3 heteroatoms. The molecular weight excluding hydrogens is 296 g/mol. The molecule has 2 saturated heterocycles. The summed E-state index contributed by atoms with van der Waals surface area (Å²) in [5.41, 5.74) is 2.52. The molecule has 2 fully saturated rings. The Labute approximate surface area is 146 Å². The van der Waals surface area contributed by atoms with Crippen molar-refractivity contribution >= 4 is 11.6 Å². The van der Waals surface area contributed by atoms with Crippen molar-refractivity contribution in [3.63, 3.8) is 0 Å². The van der Waals surface area contributed by atoms with Gasteiger partial charge in [0.05, 0.1) is 0 Å². The van der Waals surface area contributed by atoms with Crippen molar-refractivity contribution in [2.75, 3.05) is 18.5 Å². The lowest BCUT2D eigenvalue weighted by atomic mass is 9.77. The maximum absolute atomic E-state index is 13.1. The van der Waals surface area contributed by atoms with Gasteiger partial charge in [0.1, 0.15) is 0 Å². The molecule has 3 aliphatic heterocycles. The first-order chi connectivity index (χ1) is 11.5. The molecule has 0 saturated carbocycles. The number of hydrogen-bond donors (Lipinski definition) is 0. The monoisotopic (exact) mass is 326 g/mol. The molecule has 24 heavy (non-hydrogen) atoms. The average Bonchev–Trinajstić information content (AvgIpc) is 2.81. The fourth-order valence-electron chi connectivity index (χ4n) is 5.32. The second-order valence-electron chi connectivity index (χ2n) is 8.83. The van der Waals surface area contributed by atoms with Gasteiger partial charge in [-0.3, -0.25) is 4.79 Å². The lowest BCUT2D eigenvalue weighted by molar-refractivity contribution is -0.120. The summed E-state index contributed by atoms with van der Waals surface area (Å²) in [6.07, 6.45) is 7.14. The maximum atomic E-state index is 13.1. The van der Waals surface area contributed by atoms with Crippen LogP contribution in [0.2, 0.25) is 0 Å². The summed E-state index contributed by atoms with van der Waals surface area (Å²) in [6.45, 7) is 5.32. The van der Waals surface area contributed by atoms with Crippen LogP contribution in [-0.2, 0) is 10.2 Å². The van der Waals surface area contributed by atoms with Crippen LogP contribution < -0.4 is 4.90 Å². The normalized spacial score (nSPS) is 31.8. The number of benzene rings is 1. The highest BCUT2D eigenvalue weighted by molar-refractivity contribution is 5.96. The maximum Gasteiger partial charge on any atom is 0.227 e. The summed E-state index contributed by atoms with van der Waals surface area (Å²) < 4.78 is 0. The molecule has 130 valence electrons. The van der Waals surface area contributed by atoms with Crippen molar-refractivity contribution in [2.45, 2.75) is 69.9 Å². The van der Waals surface area contributed by atoms with Gasteiger partial charge in [-0.05, 0) is 50.3 Å². The molecule has 2 bridgehead atoms. The third kappa shape index (κ3) is 2.67. The largest absolute Gasteiger partial charge is 0.311 e. The zero-order chi connectivity index (χ0) is 16.9. The topological polar surface area (TPSA) is 23.6 Å². The van der Waals surface area contributed by atoms with E-state index in [1.807, 2.05) is 0 Å². The van der Waals surface area contributed by atoms with Crippen LogP contribution in [0.25, 0.3) is 0 Å². The number of hydrogen-bond acceptors (Lipinski definition) is 2. The van der Waals surface area contributed by atoms with Gasteiger partial charge in [0, 0.05) is 36.2 Å². The highest BCUT2D eigenvalue weighted by atomic mass is 16.2. The van der Waals surface area contributed by atoms with E-state index in [-0.39, 0.29) is 5.41 Å². The molecule has 0 radical (unpaired) electrons. The summed E-state index contributed by atoms with van der Waals surface area (Å²) in [7, 11) is 2.28. The fourth-order valence-corrected chi connectivity index (χ4v) is 5.32. The molecule has 0 aromatic heterocycles. The van der Waals surface area contributed by atoms with Gasteiger partial charge in [0.2, 0.25) is 5.91 Å². The summed E-state index contributed by atoms with van der Waals surface area (Å²) in [4.78, 5) is 17.7. The number of piperidine rings is 2. The first kappa shape index (κ1) is 16.1. The molecule has 3 heterocycles. The predicted octanol–water partition coefficient (Wildman–Crippen LogP) is 3.96. The van der Waals surface area contributed by atoms with Gasteiger partial charge in [-0.15, -0.1) is 0 Å². The molecular formula is C21H30N2O. The van der Waals surface area contributed by atoms with Gasteiger partial charge in [-0.1, -0.05) is 38.5 Å². The Balaban J connectivity index is 1.48. The van der Waals surface area contributed by atoms with E-state index in [0.717, 1.165) is 18.7 Å². The van der Waals surface area contributed by atoms with Crippen molar-refractivity contribution in [1.82, 2.24) is 4.90 Å². The summed E-state index contributed by atoms with van der Waals surface area (Å²) in [5, 5.41) is 0. The number of amides is 1. The Kier molecular flexibility index (Phi) is 3.95. The first-order valence-corrected chi connectivity index (χ1v) is 9.57. The zero-order valence-electron chi connectivity index (χ0n) is 15.3. The second kappa shape index (κ2) is 5.87. The smallest absolute Gasteiger partial charge is 0.227 e. The van der Waals surface area contributed by atoms with Crippen molar-refractivity contribution in [3.05, 3.63) is 29.8 Å². The van der Waals surface area contributed by atoms with Crippen LogP contribution >= 0.6 is 0 Å². The van der Waals surface area contributed by atoms with Gasteiger partial charge in [-0.25, -0.2) is 0 Å². The van der Waals surface area contributed by atoms with Crippen LogP contribution in [0.3, 0.4) is 0 Å². The minimum absolute atomic E-state index is 0.0650. The van der Waals surface area contributed by atoms with E-state index < -0.39 is 0 Å². The molecule has 1 unspecified atom stereocenters. The van der Waals surface area contributed by atoms with Crippen LogP contribution in [0.1, 0.15) is 57.9 Å². The van der Waals surface area contributed by atoms with Crippen LogP contribution in [0.5, 0.6) is 0 Å². The summed E-state index contributed by atoms with van der Waals surface area (Å²) >= 11 is 0. The standard InChI is InChI=1S/C21H30N2O/c1-21(2)14-23(19-10-5-4-9-18(19)21)20(24)13-15-11-16-7-6-8-17(12-15)22(16)3/h4-5,9-10,15-17H,6-8,11-14H2,1-3H3/t15?,16-,17+.